The fraction of sp³-hybridized carbons (Fsp3) is 0.0870. The van der Waals surface area contributed by atoms with Crippen molar-refractivity contribution >= 4 is 34.8 Å². The lowest BCUT2D eigenvalue weighted by Crippen LogP contribution is -2.32. The molecule has 5 nitrogen and oxygen atoms in total. The molecule has 146 valence electrons. The molecule has 0 aliphatic rings. The molecule has 0 heterocycles. The minimum atomic E-state index is -1.20. The van der Waals surface area contributed by atoms with Gasteiger partial charge in [0.15, 0.2) is 11.6 Å². The van der Waals surface area contributed by atoms with Crippen LogP contribution in [0.15, 0.2) is 78.9 Å². The summed E-state index contributed by atoms with van der Waals surface area (Å²) in [6.45, 7) is 0. The average Bonchev–Trinajstić information content (AvgIpc) is 2.75. The summed E-state index contributed by atoms with van der Waals surface area (Å²) < 4.78 is 0. The van der Waals surface area contributed by atoms with Gasteiger partial charge in [0.05, 0.1) is 0 Å². The summed E-state index contributed by atoms with van der Waals surface area (Å²) >= 11 is 6.06. The van der Waals surface area contributed by atoms with Gasteiger partial charge in [-0.15, -0.1) is 0 Å². The van der Waals surface area contributed by atoms with Crippen LogP contribution in [0.3, 0.4) is 0 Å². The highest BCUT2D eigenvalue weighted by atomic mass is 35.5. The molecule has 0 fully saturated rings. The van der Waals surface area contributed by atoms with Gasteiger partial charge in [-0.3, -0.25) is 9.59 Å². The molecule has 3 aromatic carbocycles. The number of carboxylic acid groups (broad SMARTS) is 1. The number of hydrogen-bond acceptors (Lipinski definition) is 4. The number of carbonyl (C=O) groups excluding carboxylic acids is 2. The number of hydrogen-bond donors (Lipinski definition) is 2. The van der Waals surface area contributed by atoms with E-state index in [-0.39, 0.29) is 23.6 Å². The Labute approximate surface area is 173 Å². The quantitative estimate of drug-likeness (QED) is 0.528. The van der Waals surface area contributed by atoms with Gasteiger partial charge < -0.3 is 10.4 Å². The third-order valence-electron chi connectivity index (χ3n) is 4.38. The van der Waals surface area contributed by atoms with Crippen LogP contribution in [0.2, 0.25) is 5.02 Å². The van der Waals surface area contributed by atoms with E-state index in [2.05, 4.69) is 5.32 Å². The van der Waals surface area contributed by atoms with Crippen molar-refractivity contribution in [3.05, 3.63) is 101 Å². The number of halogens is 1. The lowest BCUT2D eigenvalue weighted by molar-refractivity contribution is -0.137. The second-order valence-electron chi connectivity index (χ2n) is 6.41. The highest BCUT2D eigenvalue weighted by Crippen LogP contribution is 2.25. The molecular weight excluding hydrogens is 390 g/mol. The molecule has 0 bridgehead atoms. The van der Waals surface area contributed by atoms with Gasteiger partial charge in [0.25, 0.3) is 0 Å². The third kappa shape index (κ3) is 5.09. The molecule has 0 spiro atoms. The molecule has 29 heavy (non-hydrogen) atoms. The number of nitrogens with one attached hydrogen (secondary N) is 1. The average molecular weight is 408 g/mol. The van der Waals surface area contributed by atoms with Crippen molar-refractivity contribution < 1.29 is 19.5 Å². The van der Waals surface area contributed by atoms with E-state index in [1.165, 1.54) is 6.07 Å². The summed E-state index contributed by atoms with van der Waals surface area (Å²) in [5, 5.41) is 12.8. The van der Waals surface area contributed by atoms with Crippen LogP contribution in [0.25, 0.3) is 0 Å². The van der Waals surface area contributed by atoms with E-state index in [1.54, 1.807) is 72.8 Å². The van der Waals surface area contributed by atoms with E-state index in [1.807, 2.05) is 0 Å². The first-order valence-corrected chi connectivity index (χ1v) is 9.30. The zero-order valence-corrected chi connectivity index (χ0v) is 16.1. The molecule has 0 unspecified atom stereocenters. The van der Waals surface area contributed by atoms with E-state index in [4.69, 9.17) is 11.6 Å². The maximum Gasteiger partial charge on any atom is 0.326 e. The van der Waals surface area contributed by atoms with Gasteiger partial charge in [-0.05, 0) is 18.2 Å². The van der Waals surface area contributed by atoms with E-state index >= 15 is 0 Å². The Morgan fingerprint density at radius 3 is 2.03 bits per heavy atom. The third-order valence-corrected chi connectivity index (χ3v) is 4.61. The van der Waals surface area contributed by atoms with Crippen LogP contribution >= 0.6 is 11.6 Å². The molecule has 3 rings (SSSR count). The van der Waals surface area contributed by atoms with Gasteiger partial charge in [0.1, 0.15) is 6.04 Å². The standard InChI is InChI=1S/C23H18ClNO4/c24-17-11-12-19(18(13-17)22(27)16-9-5-2-6-10-16)25-20(23(28)29)14-21(26)15-7-3-1-4-8-15/h1-13,20,25H,14H2,(H,28,29)/t20-/m1/s1. The summed E-state index contributed by atoms with van der Waals surface area (Å²) in [5.74, 6) is -1.80. The van der Waals surface area contributed by atoms with Crippen LogP contribution < -0.4 is 5.32 Å². The molecule has 0 saturated carbocycles. The van der Waals surface area contributed by atoms with Crippen LogP contribution in [-0.4, -0.2) is 28.7 Å². The SMILES string of the molecule is O=C(C[C@@H](Nc1ccc(Cl)cc1C(=O)c1ccccc1)C(=O)O)c1ccccc1. The maximum atomic E-state index is 12.9. The Morgan fingerprint density at radius 1 is 0.862 bits per heavy atom. The van der Waals surface area contributed by atoms with E-state index in [0.29, 0.717) is 21.8 Å². The summed E-state index contributed by atoms with van der Waals surface area (Å²) in [6, 6.07) is 20.5. The van der Waals surface area contributed by atoms with Gasteiger partial charge in [0, 0.05) is 33.8 Å². The van der Waals surface area contributed by atoms with Crippen molar-refractivity contribution in [2.45, 2.75) is 12.5 Å². The van der Waals surface area contributed by atoms with Crippen LogP contribution in [0.1, 0.15) is 32.7 Å². The Bertz CT molecular complexity index is 1040. The predicted molar refractivity (Wildman–Crippen MR) is 112 cm³/mol. The molecular formula is C23H18ClNO4. The Hall–Kier alpha value is -3.44. The van der Waals surface area contributed by atoms with Gasteiger partial charge in [-0.2, -0.15) is 0 Å². The molecule has 0 saturated heterocycles. The van der Waals surface area contributed by atoms with Crippen molar-refractivity contribution in [3.8, 4) is 0 Å². The minimum absolute atomic E-state index is 0.238. The second kappa shape index (κ2) is 9.17. The van der Waals surface area contributed by atoms with Crippen LogP contribution in [0.5, 0.6) is 0 Å². The maximum absolute atomic E-state index is 12.9. The first kappa shape index (κ1) is 20.3. The van der Waals surface area contributed by atoms with Gasteiger partial charge >= 0.3 is 5.97 Å². The van der Waals surface area contributed by atoms with E-state index in [0.717, 1.165) is 0 Å². The molecule has 6 heteroatoms. The topological polar surface area (TPSA) is 83.5 Å². The number of ketones is 2. The zero-order valence-electron chi connectivity index (χ0n) is 15.3. The zero-order chi connectivity index (χ0) is 20.8. The van der Waals surface area contributed by atoms with E-state index in [9.17, 15) is 19.5 Å². The summed E-state index contributed by atoms with van der Waals surface area (Å²) in [7, 11) is 0. The van der Waals surface area contributed by atoms with Crippen LogP contribution in [-0.2, 0) is 4.79 Å². The normalized spacial score (nSPS) is 11.5. The van der Waals surface area contributed by atoms with Crippen LogP contribution in [0.4, 0.5) is 5.69 Å². The van der Waals surface area contributed by atoms with E-state index < -0.39 is 12.0 Å². The molecule has 0 aliphatic carbocycles. The summed E-state index contributed by atoms with van der Waals surface area (Å²) in [6.07, 6.45) is -0.263. The summed E-state index contributed by atoms with van der Waals surface area (Å²) in [4.78, 5) is 37.1. The van der Waals surface area contributed by atoms with Gasteiger partial charge in [-0.1, -0.05) is 72.3 Å². The highest BCUT2D eigenvalue weighted by Gasteiger charge is 2.24. The van der Waals surface area contributed by atoms with Crippen molar-refractivity contribution in [3.63, 3.8) is 0 Å². The van der Waals surface area contributed by atoms with Crippen molar-refractivity contribution in [1.29, 1.82) is 0 Å². The lowest BCUT2D eigenvalue weighted by atomic mass is 9.99. The minimum Gasteiger partial charge on any atom is -0.480 e. The number of aliphatic carboxylic acids is 1. The number of benzene rings is 3. The Morgan fingerprint density at radius 2 is 1.45 bits per heavy atom. The fourth-order valence-electron chi connectivity index (χ4n) is 2.89. The first-order valence-electron chi connectivity index (χ1n) is 8.92. The molecule has 0 aromatic heterocycles. The van der Waals surface area contributed by atoms with Crippen molar-refractivity contribution in [2.24, 2.45) is 0 Å². The summed E-state index contributed by atoms with van der Waals surface area (Å²) in [5.41, 5.74) is 1.42. The Kier molecular flexibility index (Phi) is 6.42. The smallest absolute Gasteiger partial charge is 0.326 e. The molecule has 0 amide bonds. The molecule has 0 aliphatic heterocycles. The molecule has 3 aromatic rings. The monoisotopic (exact) mass is 407 g/mol. The Balaban J connectivity index is 1.88. The van der Waals surface area contributed by atoms with Gasteiger partial charge in [-0.25, -0.2) is 4.79 Å². The molecule has 0 radical (unpaired) electrons. The second-order valence-corrected chi connectivity index (χ2v) is 6.85. The number of carboxylic acids is 1. The van der Waals surface area contributed by atoms with Crippen molar-refractivity contribution in [2.75, 3.05) is 5.32 Å². The number of Topliss-reactive ketones (excluding diaryl/α,β-unsaturated/α-hetero) is 1. The predicted octanol–water partition coefficient (Wildman–Crippen LogP) is 4.71. The number of anilines is 1. The molecule has 1 atom stereocenters. The largest absolute Gasteiger partial charge is 0.480 e. The highest BCUT2D eigenvalue weighted by molar-refractivity contribution is 6.31. The van der Waals surface area contributed by atoms with Crippen LogP contribution in [0, 0.1) is 0 Å². The van der Waals surface area contributed by atoms with Crippen molar-refractivity contribution in [1.82, 2.24) is 0 Å². The first-order chi connectivity index (χ1) is 14.0. The van der Waals surface area contributed by atoms with Gasteiger partial charge in [0.2, 0.25) is 0 Å². The fourth-order valence-corrected chi connectivity index (χ4v) is 3.06. The molecule has 2 N–H and O–H groups in total. The number of carbonyl (C=O) groups is 3. The lowest BCUT2D eigenvalue weighted by Gasteiger charge is -2.18. The number of rotatable bonds is 8.